The molecule has 6 aliphatic heterocycles. The third kappa shape index (κ3) is 7.91. The number of alkyl halides is 3. The van der Waals surface area contributed by atoms with E-state index in [1.54, 1.807) is 18.2 Å². The van der Waals surface area contributed by atoms with Crippen LogP contribution < -0.4 is 19.9 Å². The second kappa shape index (κ2) is 16.2. The highest BCUT2D eigenvalue weighted by Gasteiger charge is 2.46. The molecule has 0 spiro atoms. The second-order valence-corrected chi connectivity index (χ2v) is 17.1. The van der Waals surface area contributed by atoms with Crippen molar-refractivity contribution in [2.75, 3.05) is 55.6 Å². The lowest BCUT2D eigenvalue weighted by molar-refractivity contribution is -0.138. The summed E-state index contributed by atoms with van der Waals surface area (Å²) in [7, 11) is 0. The van der Waals surface area contributed by atoms with Gasteiger partial charge in [-0.1, -0.05) is 0 Å². The van der Waals surface area contributed by atoms with Crippen LogP contribution in [-0.4, -0.2) is 114 Å². The molecule has 0 aliphatic carbocycles. The largest absolute Gasteiger partial charge is 0.490 e. The van der Waals surface area contributed by atoms with Gasteiger partial charge in [0.05, 0.1) is 28.3 Å². The number of nitrogens with one attached hydrogen (secondary N) is 1. The standard InChI is InChI=1S/C45H46F3N7O6/c46-45(47,48)38-24-34(9-3-29(38)25-49)61-35-21-32-6-7-33(22-35)54(32)42(58)28-1-4-30(5-2-28)53-19-17-51(18-20-53)26-27-13-15-52(16-14-27)31-8-10-36-37(23-31)44(60)55(43(36)59)39-11-12-40(56)50-41(39)57/h1-5,8-10,23-24,27,32-33,35,39H,6-7,11-22,26H2,(H,50,56,57). The van der Waals surface area contributed by atoms with Gasteiger partial charge < -0.3 is 19.4 Å². The number of piperazine rings is 1. The fourth-order valence-corrected chi connectivity index (χ4v) is 10.2. The highest BCUT2D eigenvalue weighted by Crippen LogP contribution is 2.40. The minimum Gasteiger partial charge on any atom is -0.490 e. The van der Waals surface area contributed by atoms with Gasteiger partial charge in [0.2, 0.25) is 11.8 Å². The van der Waals surface area contributed by atoms with Crippen molar-refractivity contribution in [1.82, 2.24) is 20.0 Å². The van der Waals surface area contributed by atoms with Crippen molar-refractivity contribution in [2.45, 2.75) is 81.8 Å². The number of benzene rings is 3. The van der Waals surface area contributed by atoms with E-state index in [1.807, 2.05) is 35.2 Å². The maximum atomic E-state index is 13.8. The molecule has 318 valence electrons. The lowest BCUT2D eigenvalue weighted by Crippen LogP contribution is -2.54. The predicted octanol–water partition coefficient (Wildman–Crippen LogP) is 5.23. The van der Waals surface area contributed by atoms with E-state index in [9.17, 15) is 37.1 Å². The van der Waals surface area contributed by atoms with Crippen LogP contribution in [0.4, 0.5) is 24.5 Å². The Balaban J connectivity index is 0.731. The number of imide groups is 2. The fourth-order valence-electron chi connectivity index (χ4n) is 10.2. The van der Waals surface area contributed by atoms with Crippen LogP contribution in [0.3, 0.4) is 0 Å². The van der Waals surface area contributed by atoms with Gasteiger partial charge >= 0.3 is 6.18 Å². The van der Waals surface area contributed by atoms with Crippen LogP contribution in [-0.2, 0) is 15.8 Å². The Hall–Kier alpha value is -5.95. The summed E-state index contributed by atoms with van der Waals surface area (Å²) in [5.41, 5.74) is 1.67. The van der Waals surface area contributed by atoms with Crippen LogP contribution in [0.25, 0.3) is 0 Å². The number of hydrogen-bond donors (Lipinski definition) is 1. The Labute approximate surface area is 351 Å². The smallest absolute Gasteiger partial charge is 0.417 e. The molecule has 0 saturated carbocycles. The lowest BCUT2D eigenvalue weighted by atomic mass is 9.95. The number of halogens is 3. The summed E-state index contributed by atoms with van der Waals surface area (Å²) < 4.78 is 46.6. The Morgan fingerprint density at radius 1 is 0.770 bits per heavy atom. The number of amides is 5. The van der Waals surface area contributed by atoms with Gasteiger partial charge in [-0.15, -0.1) is 0 Å². The average molecular weight is 838 g/mol. The van der Waals surface area contributed by atoms with Crippen LogP contribution in [0.15, 0.2) is 60.7 Å². The molecule has 6 aliphatic rings. The van der Waals surface area contributed by atoms with Crippen LogP contribution in [0.2, 0.25) is 0 Å². The quantitative estimate of drug-likeness (QED) is 0.300. The van der Waals surface area contributed by atoms with Gasteiger partial charge in [-0.2, -0.15) is 18.4 Å². The molecule has 3 atom stereocenters. The van der Waals surface area contributed by atoms with Crippen molar-refractivity contribution in [3.63, 3.8) is 0 Å². The molecule has 0 aromatic heterocycles. The van der Waals surface area contributed by atoms with E-state index >= 15 is 0 Å². The van der Waals surface area contributed by atoms with Gasteiger partial charge in [0.25, 0.3) is 17.7 Å². The number of nitriles is 1. The summed E-state index contributed by atoms with van der Waals surface area (Å²) in [5, 5.41) is 11.4. The molecule has 3 unspecified atom stereocenters. The van der Waals surface area contributed by atoms with Crippen LogP contribution in [0.1, 0.15) is 93.6 Å². The van der Waals surface area contributed by atoms with Crippen molar-refractivity contribution in [2.24, 2.45) is 5.92 Å². The third-order valence-electron chi connectivity index (χ3n) is 13.4. The molecule has 3 aromatic rings. The monoisotopic (exact) mass is 837 g/mol. The number of carbonyl (C=O) groups excluding carboxylic acids is 5. The van der Waals surface area contributed by atoms with E-state index in [1.165, 1.54) is 6.07 Å². The molecule has 3 aromatic carbocycles. The number of nitrogens with zero attached hydrogens (tertiary/aromatic N) is 6. The molecule has 5 saturated heterocycles. The number of piperidine rings is 3. The second-order valence-electron chi connectivity index (χ2n) is 17.1. The number of carbonyl (C=O) groups is 5. The summed E-state index contributed by atoms with van der Waals surface area (Å²) in [4.78, 5) is 74.4. The molecule has 2 bridgehead atoms. The first-order chi connectivity index (χ1) is 29.3. The van der Waals surface area contributed by atoms with Gasteiger partial charge in [-0.25, -0.2) is 0 Å². The van der Waals surface area contributed by atoms with Crippen molar-refractivity contribution in [1.29, 1.82) is 5.26 Å². The highest BCUT2D eigenvalue weighted by atomic mass is 19.4. The first-order valence-corrected chi connectivity index (χ1v) is 21.1. The maximum absolute atomic E-state index is 13.8. The van der Waals surface area contributed by atoms with Gasteiger partial charge in [-0.3, -0.25) is 39.1 Å². The van der Waals surface area contributed by atoms with E-state index in [0.717, 1.165) is 99.9 Å². The summed E-state index contributed by atoms with van der Waals surface area (Å²) in [6.07, 6.45) is -0.122. The van der Waals surface area contributed by atoms with Crippen LogP contribution in [0, 0.1) is 17.2 Å². The average Bonchev–Trinajstić information content (AvgIpc) is 3.67. The number of fused-ring (bicyclic) bond motifs is 3. The van der Waals surface area contributed by atoms with Gasteiger partial charge in [0.15, 0.2) is 0 Å². The molecule has 6 heterocycles. The zero-order valence-electron chi connectivity index (χ0n) is 33.5. The minimum absolute atomic E-state index is 0.0396. The zero-order valence-corrected chi connectivity index (χ0v) is 33.5. The number of rotatable bonds is 8. The van der Waals surface area contributed by atoms with Gasteiger partial charge in [-0.05, 0) is 98.7 Å². The summed E-state index contributed by atoms with van der Waals surface area (Å²) >= 11 is 0. The molecule has 9 rings (SSSR count). The van der Waals surface area contributed by atoms with Crippen molar-refractivity contribution < 1.29 is 41.9 Å². The fraction of sp³-hybridized carbons (Fsp3) is 0.467. The number of hydrogen-bond acceptors (Lipinski definition) is 10. The molecule has 1 N–H and O–H groups in total. The molecular formula is C45H46F3N7O6. The SMILES string of the molecule is N#Cc1ccc(OC2CC3CCC(C2)N3C(=O)c2ccc(N3CCN(CC4CCN(c5ccc6c(c5)C(=O)N(C5CCC(=O)NC5=O)C6=O)CC4)CC3)cc2)cc1C(F)(F)F. The molecule has 5 amide bonds. The molecule has 0 radical (unpaired) electrons. The van der Waals surface area contributed by atoms with E-state index in [2.05, 4.69) is 20.0 Å². The topological polar surface area (TPSA) is 147 Å². The number of anilines is 2. The van der Waals surface area contributed by atoms with Crippen molar-refractivity contribution >= 4 is 40.9 Å². The highest BCUT2D eigenvalue weighted by molar-refractivity contribution is 6.23. The lowest BCUT2D eigenvalue weighted by Gasteiger charge is -2.40. The Morgan fingerprint density at radius 2 is 1.43 bits per heavy atom. The first kappa shape index (κ1) is 40.5. The van der Waals surface area contributed by atoms with Gasteiger partial charge in [0, 0.05) is 94.1 Å². The van der Waals surface area contributed by atoms with E-state index in [0.29, 0.717) is 29.9 Å². The Kier molecular flexibility index (Phi) is 10.7. The summed E-state index contributed by atoms with van der Waals surface area (Å²) in [5.74, 6) is -1.46. The summed E-state index contributed by atoms with van der Waals surface area (Å²) in [6.45, 7) is 6.23. The predicted molar refractivity (Wildman–Crippen MR) is 216 cm³/mol. The first-order valence-electron chi connectivity index (χ1n) is 21.1. The van der Waals surface area contributed by atoms with Crippen LogP contribution in [0.5, 0.6) is 5.75 Å². The Morgan fingerprint density at radius 3 is 2.08 bits per heavy atom. The molecular weight excluding hydrogens is 792 g/mol. The van der Waals surface area contributed by atoms with Crippen LogP contribution >= 0.6 is 0 Å². The van der Waals surface area contributed by atoms with E-state index < -0.39 is 47.0 Å². The molecule has 16 heteroatoms. The molecule has 5 fully saturated rings. The Bertz CT molecular complexity index is 2280. The molecule has 61 heavy (non-hydrogen) atoms. The van der Waals surface area contributed by atoms with Crippen molar-refractivity contribution in [3.05, 3.63) is 88.5 Å². The number of ether oxygens (including phenoxy) is 1. The normalized spacial score (nSPS) is 24.8. The third-order valence-corrected chi connectivity index (χ3v) is 13.4. The zero-order chi connectivity index (χ0) is 42.6. The van der Waals surface area contributed by atoms with Crippen molar-refractivity contribution in [3.8, 4) is 11.8 Å². The van der Waals surface area contributed by atoms with E-state index in [4.69, 9.17) is 10.00 Å². The molecule has 13 nitrogen and oxygen atoms in total. The van der Waals surface area contributed by atoms with Gasteiger partial charge in [0.1, 0.15) is 17.9 Å². The summed E-state index contributed by atoms with van der Waals surface area (Å²) in [6, 6.07) is 17.0. The maximum Gasteiger partial charge on any atom is 0.417 e. The van der Waals surface area contributed by atoms with E-state index in [-0.39, 0.29) is 48.2 Å². The minimum atomic E-state index is -4.66.